The number of nitrogens with one attached hydrogen (secondary N) is 3. The lowest BCUT2D eigenvalue weighted by Gasteiger charge is -2.20. The summed E-state index contributed by atoms with van der Waals surface area (Å²) >= 11 is 6.30. The molecule has 0 aromatic heterocycles. The molecule has 2 aromatic rings. The number of carbonyl (C=O) groups is 2. The lowest BCUT2D eigenvalue weighted by molar-refractivity contribution is -0.117. The van der Waals surface area contributed by atoms with E-state index in [1.807, 2.05) is 51.1 Å². The Morgan fingerprint density at radius 2 is 1.89 bits per heavy atom. The van der Waals surface area contributed by atoms with Gasteiger partial charge in [-0.1, -0.05) is 55.1 Å². The van der Waals surface area contributed by atoms with Crippen molar-refractivity contribution >= 4 is 40.6 Å². The zero-order valence-electron chi connectivity index (χ0n) is 20.3. The highest BCUT2D eigenvalue weighted by molar-refractivity contribution is 6.32. The summed E-state index contributed by atoms with van der Waals surface area (Å²) in [4.78, 5) is 30.1. The van der Waals surface area contributed by atoms with Crippen molar-refractivity contribution < 1.29 is 9.59 Å². The third-order valence-corrected chi connectivity index (χ3v) is 5.52. The number of hydrogen-bond acceptors (Lipinski definition) is 3. The van der Waals surface area contributed by atoms with Crippen LogP contribution in [0.5, 0.6) is 0 Å². The highest BCUT2D eigenvalue weighted by Crippen LogP contribution is 2.29. The van der Waals surface area contributed by atoms with Crippen molar-refractivity contribution in [2.45, 2.75) is 45.2 Å². The molecule has 7 heteroatoms. The van der Waals surface area contributed by atoms with Gasteiger partial charge >= 0.3 is 6.03 Å². The molecule has 1 aliphatic rings. The second-order valence-corrected chi connectivity index (χ2v) is 9.74. The molecule has 0 bridgehead atoms. The van der Waals surface area contributed by atoms with Gasteiger partial charge in [0.15, 0.2) is 0 Å². The number of fused-ring (bicyclic) bond motifs is 1. The standard InChI is InChI=1S/C28H31ClN4O2/c1-6-8-18(7-2)9-15-24-26(34)32-23-16-12-20(29)17-22(23)25(31-24)19-10-13-21(14-11-19)30-27(35)33-28(3,4)5/h6-8,10-14,16-17,24H,1-2,9,15H2,3-5H3,(H,32,34)(H2,30,33,35)/b18-8+. The Balaban J connectivity index is 1.94. The van der Waals surface area contributed by atoms with Crippen LogP contribution in [0.4, 0.5) is 16.2 Å². The van der Waals surface area contributed by atoms with Gasteiger partial charge in [0.2, 0.25) is 5.91 Å². The molecule has 0 fully saturated rings. The van der Waals surface area contributed by atoms with Gasteiger partial charge in [-0.2, -0.15) is 0 Å². The molecule has 1 unspecified atom stereocenters. The molecule has 182 valence electrons. The van der Waals surface area contributed by atoms with Gasteiger partial charge in [0.05, 0.1) is 11.4 Å². The Labute approximate surface area is 211 Å². The average Bonchev–Trinajstić information content (AvgIpc) is 2.92. The number of rotatable bonds is 7. The molecular weight excluding hydrogens is 460 g/mol. The van der Waals surface area contributed by atoms with E-state index in [0.29, 0.717) is 35.0 Å². The van der Waals surface area contributed by atoms with Crippen molar-refractivity contribution in [1.29, 1.82) is 0 Å². The van der Waals surface area contributed by atoms with Crippen LogP contribution in [0.2, 0.25) is 5.02 Å². The fourth-order valence-corrected chi connectivity index (χ4v) is 3.84. The first-order valence-electron chi connectivity index (χ1n) is 11.4. The van der Waals surface area contributed by atoms with Crippen LogP contribution in [0.3, 0.4) is 0 Å². The Hall–Kier alpha value is -3.64. The van der Waals surface area contributed by atoms with E-state index in [2.05, 4.69) is 29.1 Å². The van der Waals surface area contributed by atoms with Crippen LogP contribution < -0.4 is 16.0 Å². The van der Waals surface area contributed by atoms with Crippen molar-refractivity contribution in [3.8, 4) is 0 Å². The highest BCUT2D eigenvalue weighted by atomic mass is 35.5. The number of halogens is 1. The number of benzodiazepines with no additional fused rings is 1. The van der Waals surface area contributed by atoms with Gasteiger partial charge < -0.3 is 16.0 Å². The van der Waals surface area contributed by atoms with Crippen molar-refractivity contribution in [2.24, 2.45) is 4.99 Å². The molecule has 0 saturated carbocycles. The van der Waals surface area contributed by atoms with Crippen molar-refractivity contribution in [2.75, 3.05) is 10.6 Å². The maximum atomic E-state index is 13.0. The van der Waals surface area contributed by atoms with Crippen LogP contribution in [0.15, 0.2) is 84.4 Å². The number of carbonyl (C=O) groups excluding carboxylic acids is 2. The number of nitrogens with zero attached hydrogens (tertiary/aromatic N) is 1. The number of amides is 3. The molecule has 1 atom stereocenters. The second kappa shape index (κ2) is 11.2. The van der Waals surface area contributed by atoms with E-state index >= 15 is 0 Å². The Morgan fingerprint density at radius 1 is 1.17 bits per heavy atom. The molecule has 3 amide bonds. The Bertz CT molecular complexity index is 1190. The van der Waals surface area contributed by atoms with E-state index in [4.69, 9.17) is 16.6 Å². The summed E-state index contributed by atoms with van der Waals surface area (Å²) in [6.45, 7) is 13.3. The summed E-state index contributed by atoms with van der Waals surface area (Å²) in [6.07, 6.45) is 6.48. The fourth-order valence-electron chi connectivity index (χ4n) is 3.67. The predicted octanol–water partition coefficient (Wildman–Crippen LogP) is 6.50. The van der Waals surface area contributed by atoms with Crippen LogP contribution in [0.25, 0.3) is 0 Å². The van der Waals surface area contributed by atoms with Crippen molar-refractivity contribution in [1.82, 2.24) is 5.32 Å². The van der Waals surface area contributed by atoms with Crippen LogP contribution >= 0.6 is 11.6 Å². The van der Waals surface area contributed by atoms with Gasteiger partial charge in [0.25, 0.3) is 0 Å². The molecule has 6 nitrogen and oxygen atoms in total. The Kier molecular flexibility index (Phi) is 8.30. The first kappa shape index (κ1) is 26.0. The summed E-state index contributed by atoms with van der Waals surface area (Å²) < 4.78 is 0. The van der Waals surface area contributed by atoms with E-state index < -0.39 is 6.04 Å². The monoisotopic (exact) mass is 490 g/mol. The minimum Gasteiger partial charge on any atom is -0.333 e. The highest BCUT2D eigenvalue weighted by Gasteiger charge is 2.26. The molecule has 0 aliphatic carbocycles. The Morgan fingerprint density at radius 3 is 2.51 bits per heavy atom. The number of benzene rings is 2. The number of urea groups is 1. The van der Waals surface area contributed by atoms with E-state index in [0.717, 1.165) is 16.7 Å². The average molecular weight is 491 g/mol. The minimum absolute atomic E-state index is 0.178. The van der Waals surface area contributed by atoms with E-state index in [1.165, 1.54) is 0 Å². The number of allylic oxidation sites excluding steroid dienone is 4. The van der Waals surface area contributed by atoms with Gasteiger partial charge in [-0.25, -0.2) is 4.79 Å². The number of anilines is 2. The SMILES string of the molecule is C=C/C=C(\C=C)CCC1N=C(c2ccc(NC(=O)NC(C)(C)C)cc2)c2cc(Cl)ccc2NC1=O. The second-order valence-electron chi connectivity index (χ2n) is 9.30. The van der Waals surface area contributed by atoms with Gasteiger partial charge in [-0.15, -0.1) is 0 Å². The molecular formula is C28H31ClN4O2. The van der Waals surface area contributed by atoms with E-state index in [9.17, 15) is 9.59 Å². The third kappa shape index (κ3) is 7.17. The summed E-state index contributed by atoms with van der Waals surface area (Å²) in [7, 11) is 0. The molecule has 1 aliphatic heterocycles. The topological polar surface area (TPSA) is 82.6 Å². The summed E-state index contributed by atoms with van der Waals surface area (Å²) in [5.41, 5.74) is 4.14. The first-order chi connectivity index (χ1) is 16.6. The molecule has 2 aromatic carbocycles. The summed E-state index contributed by atoms with van der Waals surface area (Å²) in [6, 6.07) is 11.8. The summed E-state index contributed by atoms with van der Waals surface area (Å²) in [5.74, 6) is -0.178. The van der Waals surface area contributed by atoms with Gasteiger partial charge in [0, 0.05) is 27.4 Å². The van der Waals surface area contributed by atoms with Crippen molar-refractivity contribution in [3.05, 3.63) is 95.6 Å². The van der Waals surface area contributed by atoms with Crippen LogP contribution in [-0.2, 0) is 4.79 Å². The lowest BCUT2D eigenvalue weighted by Crippen LogP contribution is -2.43. The molecule has 3 rings (SSSR count). The van der Waals surface area contributed by atoms with Crippen molar-refractivity contribution in [3.63, 3.8) is 0 Å². The maximum Gasteiger partial charge on any atom is 0.319 e. The normalized spacial score (nSPS) is 15.8. The third-order valence-electron chi connectivity index (χ3n) is 5.29. The van der Waals surface area contributed by atoms with E-state index in [-0.39, 0.29) is 17.5 Å². The smallest absolute Gasteiger partial charge is 0.319 e. The number of aliphatic imine (C=N–C) groups is 1. The number of hydrogen-bond donors (Lipinski definition) is 3. The molecule has 0 saturated heterocycles. The van der Waals surface area contributed by atoms with Crippen LogP contribution in [-0.4, -0.2) is 29.2 Å². The van der Waals surface area contributed by atoms with Crippen LogP contribution in [0, 0.1) is 0 Å². The lowest BCUT2D eigenvalue weighted by atomic mass is 10.00. The van der Waals surface area contributed by atoms with Gasteiger partial charge in [0.1, 0.15) is 6.04 Å². The summed E-state index contributed by atoms with van der Waals surface area (Å²) in [5, 5.41) is 9.24. The zero-order chi connectivity index (χ0) is 25.6. The van der Waals surface area contributed by atoms with Gasteiger partial charge in [-0.05, 0) is 69.5 Å². The van der Waals surface area contributed by atoms with Gasteiger partial charge in [-0.3, -0.25) is 9.79 Å². The quantitative estimate of drug-likeness (QED) is 0.387. The molecule has 0 spiro atoms. The molecule has 0 radical (unpaired) electrons. The van der Waals surface area contributed by atoms with Crippen LogP contribution in [0.1, 0.15) is 44.7 Å². The largest absolute Gasteiger partial charge is 0.333 e. The van der Waals surface area contributed by atoms with E-state index in [1.54, 1.807) is 30.4 Å². The minimum atomic E-state index is -0.597. The molecule has 35 heavy (non-hydrogen) atoms. The molecule has 1 heterocycles. The first-order valence-corrected chi connectivity index (χ1v) is 11.8. The predicted molar refractivity (Wildman–Crippen MR) is 146 cm³/mol. The molecule has 3 N–H and O–H groups in total. The fraction of sp³-hybridized carbons (Fsp3) is 0.250. The zero-order valence-corrected chi connectivity index (χ0v) is 21.1. The maximum absolute atomic E-state index is 13.0.